The van der Waals surface area contributed by atoms with E-state index < -0.39 is 17.3 Å². The molecule has 1 saturated heterocycles. The van der Waals surface area contributed by atoms with Crippen molar-refractivity contribution in [3.05, 3.63) is 42.4 Å². The molecule has 0 N–H and O–H groups in total. The lowest BCUT2D eigenvalue weighted by atomic mass is 9.85. The number of halogens is 3. The Kier molecular flexibility index (Phi) is 5.96. The number of hydrogen-bond donors (Lipinski definition) is 0. The van der Waals surface area contributed by atoms with Crippen LogP contribution in [0.15, 0.2) is 36.8 Å². The van der Waals surface area contributed by atoms with E-state index in [4.69, 9.17) is 0 Å². The number of alkyl halides is 3. The molecule has 2 aliphatic rings. The molecule has 36 heavy (non-hydrogen) atoms. The summed E-state index contributed by atoms with van der Waals surface area (Å²) in [7, 11) is 0. The third-order valence-electron chi connectivity index (χ3n) is 7.09. The van der Waals surface area contributed by atoms with Crippen LogP contribution in [0.25, 0.3) is 17.2 Å². The number of amides is 1. The Morgan fingerprint density at radius 3 is 2.53 bits per heavy atom. The van der Waals surface area contributed by atoms with E-state index in [-0.39, 0.29) is 23.4 Å². The lowest BCUT2D eigenvalue weighted by Crippen LogP contribution is -2.62. The fourth-order valence-electron chi connectivity index (χ4n) is 5.13. The van der Waals surface area contributed by atoms with Crippen LogP contribution in [0, 0.1) is 5.92 Å². The largest absolute Gasteiger partial charge is 0.417 e. The van der Waals surface area contributed by atoms with Crippen molar-refractivity contribution in [3.63, 3.8) is 0 Å². The van der Waals surface area contributed by atoms with Gasteiger partial charge in [0.25, 0.3) is 0 Å². The number of fused-ring (bicyclic) bond motifs is 1. The first-order chi connectivity index (χ1) is 17.0. The average molecular weight is 501 g/mol. The highest BCUT2D eigenvalue weighted by Crippen LogP contribution is 2.32. The quantitative estimate of drug-likeness (QED) is 0.541. The molecule has 1 aliphatic carbocycles. The van der Waals surface area contributed by atoms with Crippen LogP contribution in [0.4, 0.5) is 19.0 Å². The van der Waals surface area contributed by atoms with Crippen molar-refractivity contribution in [1.82, 2.24) is 24.3 Å². The fraction of sp³-hybridized carbons (Fsp3) is 0.480. The van der Waals surface area contributed by atoms with Crippen molar-refractivity contribution in [1.29, 1.82) is 0 Å². The van der Waals surface area contributed by atoms with Gasteiger partial charge < -0.3 is 9.80 Å². The summed E-state index contributed by atoms with van der Waals surface area (Å²) in [5.74, 6) is 1.11. The molecule has 0 atom stereocenters. The lowest BCUT2D eigenvalue weighted by molar-refractivity contribution is -0.143. The van der Waals surface area contributed by atoms with E-state index in [0.717, 1.165) is 12.3 Å². The molecule has 0 aromatic carbocycles. The van der Waals surface area contributed by atoms with Crippen LogP contribution in [0.2, 0.25) is 0 Å². The van der Waals surface area contributed by atoms with Crippen LogP contribution < -0.4 is 4.90 Å². The standard InChI is InChI=1S/C25H27F3N6O2/c1-24(2)15-32(11-12-34(24)23(36)16-3-6-18(35)7-4-16)21-9-10-29-22(31-21)19-13-30-20-8-5-17(14-33(19)20)25(26,27)28/h5,8-10,13-14,16H,3-4,6-7,11-12,15H2,1-2H3. The number of Topliss-reactive ketones (excluding diaryl/α,β-unsaturated/α-hetero) is 1. The van der Waals surface area contributed by atoms with E-state index in [1.54, 1.807) is 12.3 Å². The number of carbonyl (C=O) groups excluding carboxylic acids is 2. The minimum atomic E-state index is -4.48. The lowest BCUT2D eigenvalue weighted by Gasteiger charge is -2.48. The van der Waals surface area contributed by atoms with E-state index in [2.05, 4.69) is 19.9 Å². The number of ketones is 1. The summed E-state index contributed by atoms with van der Waals surface area (Å²) in [6, 6.07) is 4.07. The second-order valence-electron chi connectivity index (χ2n) is 10.1. The first-order valence-corrected chi connectivity index (χ1v) is 12.0. The Morgan fingerprint density at radius 1 is 1.08 bits per heavy atom. The smallest absolute Gasteiger partial charge is 0.352 e. The van der Waals surface area contributed by atoms with Gasteiger partial charge in [0.2, 0.25) is 5.91 Å². The number of anilines is 1. The first kappa shape index (κ1) is 24.2. The Labute approximate surface area is 206 Å². The predicted octanol–water partition coefficient (Wildman–Crippen LogP) is 4.00. The molecule has 0 spiro atoms. The van der Waals surface area contributed by atoms with Crippen LogP contribution in [0.1, 0.15) is 45.1 Å². The highest BCUT2D eigenvalue weighted by atomic mass is 19.4. The van der Waals surface area contributed by atoms with Gasteiger partial charge in [-0.2, -0.15) is 13.2 Å². The first-order valence-electron chi connectivity index (χ1n) is 12.0. The zero-order chi connectivity index (χ0) is 25.7. The Balaban J connectivity index is 1.37. The zero-order valence-electron chi connectivity index (χ0n) is 20.1. The van der Waals surface area contributed by atoms with Crippen LogP contribution in [-0.4, -0.2) is 61.1 Å². The predicted molar refractivity (Wildman–Crippen MR) is 126 cm³/mol. The highest BCUT2D eigenvalue weighted by Gasteiger charge is 2.40. The monoisotopic (exact) mass is 500 g/mol. The zero-order valence-corrected chi connectivity index (χ0v) is 20.1. The third-order valence-corrected chi connectivity index (χ3v) is 7.09. The normalized spacial score (nSPS) is 19.2. The maximum Gasteiger partial charge on any atom is 0.417 e. The van der Waals surface area contributed by atoms with Gasteiger partial charge in [0, 0.05) is 50.8 Å². The average Bonchev–Trinajstić information content (AvgIpc) is 3.26. The van der Waals surface area contributed by atoms with Gasteiger partial charge in [0.15, 0.2) is 5.82 Å². The van der Waals surface area contributed by atoms with Crippen molar-refractivity contribution >= 4 is 23.2 Å². The summed E-state index contributed by atoms with van der Waals surface area (Å²) >= 11 is 0. The second kappa shape index (κ2) is 8.86. The third kappa shape index (κ3) is 4.54. The molecule has 2 fully saturated rings. The molecule has 4 heterocycles. The molecule has 1 saturated carbocycles. The van der Waals surface area contributed by atoms with E-state index in [0.29, 0.717) is 62.5 Å². The number of aromatic nitrogens is 4. The van der Waals surface area contributed by atoms with Crippen molar-refractivity contribution in [2.75, 3.05) is 24.5 Å². The van der Waals surface area contributed by atoms with Gasteiger partial charge in [-0.05, 0) is 44.9 Å². The Hall–Kier alpha value is -3.50. The van der Waals surface area contributed by atoms with E-state index >= 15 is 0 Å². The number of hydrogen-bond acceptors (Lipinski definition) is 6. The number of pyridine rings is 1. The minimum Gasteiger partial charge on any atom is -0.352 e. The van der Waals surface area contributed by atoms with Gasteiger partial charge in [0.05, 0.1) is 17.3 Å². The van der Waals surface area contributed by atoms with Crippen molar-refractivity contribution < 1.29 is 22.8 Å². The Bertz CT molecular complexity index is 1310. The molecule has 11 heteroatoms. The molecule has 5 rings (SSSR count). The molecule has 1 amide bonds. The summed E-state index contributed by atoms with van der Waals surface area (Å²) in [6.45, 7) is 5.63. The van der Waals surface area contributed by atoms with E-state index in [9.17, 15) is 22.8 Å². The fourth-order valence-corrected chi connectivity index (χ4v) is 5.13. The minimum absolute atomic E-state index is 0.0988. The van der Waals surface area contributed by atoms with Gasteiger partial charge in [0.1, 0.15) is 22.9 Å². The van der Waals surface area contributed by atoms with Gasteiger partial charge in [-0.25, -0.2) is 15.0 Å². The summed E-state index contributed by atoms with van der Waals surface area (Å²) < 4.78 is 41.1. The number of piperazine rings is 1. The molecular formula is C25H27F3N6O2. The van der Waals surface area contributed by atoms with Crippen molar-refractivity contribution in [2.24, 2.45) is 5.92 Å². The number of imidazole rings is 1. The van der Waals surface area contributed by atoms with Crippen molar-refractivity contribution in [3.8, 4) is 11.5 Å². The van der Waals surface area contributed by atoms with Gasteiger partial charge in [-0.3, -0.25) is 14.0 Å². The topological polar surface area (TPSA) is 83.7 Å². The molecule has 3 aromatic rings. The molecule has 0 unspecified atom stereocenters. The molecule has 0 radical (unpaired) electrons. The van der Waals surface area contributed by atoms with Crippen LogP contribution in [0.3, 0.4) is 0 Å². The number of rotatable bonds is 3. The van der Waals surface area contributed by atoms with Crippen LogP contribution >= 0.6 is 0 Å². The molecule has 1 aliphatic heterocycles. The van der Waals surface area contributed by atoms with E-state index in [1.165, 1.54) is 16.7 Å². The van der Waals surface area contributed by atoms with E-state index in [1.807, 2.05) is 18.7 Å². The Morgan fingerprint density at radius 2 is 1.83 bits per heavy atom. The summed E-state index contributed by atoms with van der Waals surface area (Å²) in [5.41, 5.74) is -0.523. The molecule has 190 valence electrons. The SMILES string of the molecule is CC1(C)CN(c2ccnc(-c3cnc4ccc(C(F)(F)F)cn34)n2)CCN1C(=O)C1CCC(=O)CC1. The van der Waals surface area contributed by atoms with Crippen LogP contribution in [0.5, 0.6) is 0 Å². The molecule has 3 aromatic heterocycles. The summed E-state index contributed by atoms with van der Waals surface area (Å²) in [4.78, 5) is 41.9. The molecule has 0 bridgehead atoms. The molecular weight excluding hydrogens is 473 g/mol. The van der Waals surface area contributed by atoms with Crippen LogP contribution in [-0.2, 0) is 15.8 Å². The summed E-state index contributed by atoms with van der Waals surface area (Å²) in [5, 5.41) is 0. The van der Waals surface area contributed by atoms with Gasteiger partial charge >= 0.3 is 6.18 Å². The number of nitrogens with zero attached hydrogens (tertiary/aromatic N) is 6. The maximum absolute atomic E-state index is 13.2. The van der Waals surface area contributed by atoms with Gasteiger partial charge in [-0.1, -0.05) is 0 Å². The maximum atomic E-state index is 13.2. The van der Waals surface area contributed by atoms with Gasteiger partial charge in [-0.15, -0.1) is 0 Å². The highest BCUT2D eigenvalue weighted by molar-refractivity contribution is 5.85. The molecule has 8 nitrogen and oxygen atoms in total. The van der Waals surface area contributed by atoms with Crippen molar-refractivity contribution in [2.45, 2.75) is 51.2 Å². The number of carbonyl (C=O) groups is 2. The summed E-state index contributed by atoms with van der Waals surface area (Å²) in [6.07, 6.45) is 1.71. The second-order valence-corrected chi connectivity index (χ2v) is 10.1.